The van der Waals surface area contributed by atoms with Crippen molar-refractivity contribution in [3.05, 3.63) is 77.3 Å². The summed E-state index contributed by atoms with van der Waals surface area (Å²) in [5.41, 5.74) is 3.48. The highest BCUT2D eigenvalue weighted by Crippen LogP contribution is 2.33. The molecule has 0 bridgehead atoms. The third-order valence-corrected chi connectivity index (χ3v) is 4.36. The van der Waals surface area contributed by atoms with Gasteiger partial charge >= 0.3 is 0 Å². The number of H-pyrrole nitrogens is 1. The van der Waals surface area contributed by atoms with Crippen LogP contribution in [0.1, 0.15) is 0 Å². The number of rotatable bonds is 1. The maximum Gasteiger partial charge on any atom is 0.294 e. The molecular formula is C20H12N2O2. The minimum atomic E-state index is -0.261. The topological polar surface area (TPSA) is 58.9 Å². The van der Waals surface area contributed by atoms with Gasteiger partial charge in [-0.2, -0.15) is 0 Å². The number of aromatic nitrogens is 2. The zero-order chi connectivity index (χ0) is 16.1. The van der Waals surface area contributed by atoms with Gasteiger partial charge in [0.05, 0.1) is 6.33 Å². The van der Waals surface area contributed by atoms with Crippen LogP contribution in [-0.2, 0) is 0 Å². The predicted octanol–water partition coefficient (Wildman–Crippen LogP) is 4.49. The molecule has 3 aromatic carbocycles. The Morgan fingerprint density at radius 2 is 1.79 bits per heavy atom. The van der Waals surface area contributed by atoms with Gasteiger partial charge in [0.1, 0.15) is 11.1 Å². The Morgan fingerprint density at radius 1 is 0.917 bits per heavy atom. The van der Waals surface area contributed by atoms with E-state index in [2.05, 4.69) is 40.3 Å². The van der Waals surface area contributed by atoms with Gasteiger partial charge in [0.15, 0.2) is 0 Å². The van der Waals surface area contributed by atoms with Crippen LogP contribution < -0.4 is 5.56 Å². The molecule has 4 heteroatoms. The third kappa shape index (κ3) is 1.80. The molecule has 0 saturated carbocycles. The van der Waals surface area contributed by atoms with Crippen molar-refractivity contribution in [2.75, 3.05) is 0 Å². The van der Waals surface area contributed by atoms with E-state index in [1.54, 1.807) is 0 Å². The molecule has 0 saturated heterocycles. The molecule has 0 atom stereocenters. The molecule has 0 spiro atoms. The Hall–Kier alpha value is -3.40. The Kier molecular flexibility index (Phi) is 2.61. The number of hydrogen-bond acceptors (Lipinski definition) is 3. The van der Waals surface area contributed by atoms with Gasteiger partial charge in [0.25, 0.3) is 5.56 Å². The van der Waals surface area contributed by atoms with Crippen molar-refractivity contribution in [2.24, 2.45) is 0 Å². The highest BCUT2D eigenvalue weighted by atomic mass is 16.3. The first-order valence-corrected chi connectivity index (χ1v) is 7.69. The first-order chi connectivity index (χ1) is 11.8. The quantitative estimate of drug-likeness (QED) is 0.496. The molecule has 0 amide bonds. The maximum atomic E-state index is 11.9. The largest absolute Gasteiger partial charge is 0.449 e. The monoisotopic (exact) mass is 312 g/mol. The molecule has 5 rings (SSSR count). The molecule has 0 radical (unpaired) electrons. The fourth-order valence-corrected chi connectivity index (χ4v) is 3.23. The fourth-order valence-electron chi connectivity index (χ4n) is 3.23. The van der Waals surface area contributed by atoms with Crippen molar-refractivity contribution < 1.29 is 4.42 Å². The second-order valence-electron chi connectivity index (χ2n) is 5.75. The Morgan fingerprint density at radius 3 is 2.75 bits per heavy atom. The molecule has 0 unspecified atom stereocenters. The lowest BCUT2D eigenvalue weighted by Gasteiger charge is -2.06. The summed E-state index contributed by atoms with van der Waals surface area (Å²) in [7, 11) is 0. The molecular weight excluding hydrogens is 300 g/mol. The molecule has 0 aliphatic rings. The number of fused-ring (bicyclic) bond motifs is 4. The summed E-state index contributed by atoms with van der Waals surface area (Å²) in [6.07, 6.45) is 1.41. The highest BCUT2D eigenvalue weighted by molar-refractivity contribution is 6.05. The van der Waals surface area contributed by atoms with E-state index in [-0.39, 0.29) is 11.1 Å². The zero-order valence-corrected chi connectivity index (χ0v) is 12.6. The Bertz CT molecular complexity index is 1280. The van der Waals surface area contributed by atoms with Crippen molar-refractivity contribution in [2.45, 2.75) is 0 Å². The van der Waals surface area contributed by atoms with Crippen LogP contribution in [0.5, 0.6) is 0 Å². The van der Waals surface area contributed by atoms with Crippen LogP contribution in [-0.4, -0.2) is 9.97 Å². The van der Waals surface area contributed by atoms with Crippen molar-refractivity contribution in [3.63, 3.8) is 0 Å². The molecule has 1 N–H and O–H groups in total. The molecule has 0 fully saturated rings. The smallest absolute Gasteiger partial charge is 0.294 e. The molecule has 2 aromatic heterocycles. The molecule has 24 heavy (non-hydrogen) atoms. The molecule has 2 heterocycles. The van der Waals surface area contributed by atoms with Crippen LogP contribution in [0.25, 0.3) is 44.0 Å². The first kappa shape index (κ1) is 13.1. The van der Waals surface area contributed by atoms with Crippen LogP contribution in [0, 0.1) is 0 Å². The van der Waals surface area contributed by atoms with E-state index in [4.69, 9.17) is 4.42 Å². The summed E-state index contributed by atoms with van der Waals surface area (Å²) < 4.78 is 5.66. The third-order valence-electron chi connectivity index (χ3n) is 4.36. The number of furan rings is 1. The van der Waals surface area contributed by atoms with Crippen molar-refractivity contribution in [3.8, 4) is 11.1 Å². The van der Waals surface area contributed by atoms with E-state index in [1.165, 1.54) is 17.1 Å². The predicted molar refractivity (Wildman–Crippen MR) is 95.1 cm³/mol. The van der Waals surface area contributed by atoms with E-state index >= 15 is 0 Å². The number of benzene rings is 3. The lowest BCUT2D eigenvalue weighted by atomic mass is 9.97. The van der Waals surface area contributed by atoms with E-state index in [9.17, 15) is 4.79 Å². The average molecular weight is 312 g/mol. The number of aromatic amines is 1. The number of hydrogen-bond donors (Lipinski definition) is 1. The second kappa shape index (κ2) is 4.80. The van der Waals surface area contributed by atoms with Crippen LogP contribution in [0.2, 0.25) is 0 Å². The van der Waals surface area contributed by atoms with E-state index in [0.717, 1.165) is 16.5 Å². The summed E-state index contributed by atoms with van der Waals surface area (Å²) in [5, 5.41) is 3.24. The van der Waals surface area contributed by atoms with Gasteiger partial charge < -0.3 is 9.40 Å². The summed E-state index contributed by atoms with van der Waals surface area (Å²) in [5.74, 6) is 0. The summed E-state index contributed by atoms with van der Waals surface area (Å²) in [6, 6.07) is 20.5. The van der Waals surface area contributed by atoms with Crippen molar-refractivity contribution >= 4 is 32.8 Å². The first-order valence-electron chi connectivity index (χ1n) is 7.69. The lowest BCUT2D eigenvalue weighted by Crippen LogP contribution is -2.03. The maximum absolute atomic E-state index is 11.9. The van der Waals surface area contributed by atoms with Gasteiger partial charge in [-0.1, -0.05) is 48.5 Å². The van der Waals surface area contributed by atoms with Crippen LogP contribution >= 0.6 is 0 Å². The van der Waals surface area contributed by atoms with Gasteiger partial charge in [-0.25, -0.2) is 4.98 Å². The number of nitrogens with zero attached hydrogens (tertiary/aromatic N) is 1. The molecule has 4 nitrogen and oxygen atoms in total. The Labute approximate surface area is 136 Å². The van der Waals surface area contributed by atoms with Crippen LogP contribution in [0.4, 0.5) is 0 Å². The molecule has 5 aromatic rings. The molecule has 0 aliphatic carbocycles. The highest BCUT2D eigenvalue weighted by Gasteiger charge is 2.12. The van der Waals surface area contributed by atoms with Crippen molar-refractivity contribution in [1.82, 2.24) is 9.97 Å². The SMILES string of the molecule is O=c1[nH]cnc2c1oc1ccc(-c3cccc4ccccc34)cc12. The fraction of sp³-hybridized carbons (Fsp3) is 0. The minimum Gasteiger partial charge on any atom is -0.449 e. The normalized spacial score (nSPS) is 11.5. The van der Waals surface area contributed by atoms with Crippen LogP contribution in [0.15, 0.2) is 76.2 Å². The minimum absolute atomic E-state index is 0.261. The van der Waals surface area contributed by atoms with Gasteiger partial charge in [-0.15, -0.1) is 0 Å². The van der Waals surface area contributed by atoms with E-state index < -0.39 is 0 Å². The van der Waals surface area contributed by atoms with Crippen LogP contribution in [0.3, 0.4) is 0 Å². The van der Waals surface area contributed by atoms with Gasteiger partial charge in [-0.3, -0.25) is 4.79 Å². The lowest BCUT2D eigenvalue weighted by molar-refractivity contribution is 0.661. The van der Waals surface area contributed by atoms with Crippen molar-refractivity contribution in [1.29, 1.82) is 0 Å². The second-order valence-corrected chi connectivity index (χ2v) is 5.75. The average Bonchev–Trinajstić information content (AvgIpc) is 3.01. The van der Waals surface area contributed by atoms with E-state index in [1.807, 2.05) is 30.3 Å². The Balaban J connectivity index is 1.85. The molecule has 0 aliphatic heterocycles. The number of nitrogens with one attached hydrogen (secondary N) is 1. The summed E-state index contributed by atoms with van der Waals surface area (Å²) in [6.45, 7) is 0. The zero-order valence-electron chi connectivity index (χ0n) is 12.6. The molecule has 114 valence electrons. The van der Waals surface area contributed by atoms with Gasteiger partial charge in [0.2, 0.25) is 5.58 Å². The summed E-state index contributed by atoms with van der Waals surface area (Å²) in [4.78, 5) is 18.7. The van der Waals surface area contributed by atoms with E-state index in [0.29, 0.717) is 11.1 Å². The van der Waals surface area contributed by atoms with Gasteiger partial charge in [0, 0.05) is 5.39 Å². The summed E-state index contributed by atoms with van der Waals surface area (Å²) >= 11 is 0. The van der Waals surface area contributed by atoms with Gasteiger partial charge in [-0.05, 0) is 34.0 Å². The standard InChI is InChI=1S/C20H12N2O2/c23-20-19-18(21-11-22-20)16-10-13(8-9-17(16)24-19)15-7-3-5-12-4-1-2-6-14(12)15/h1-11H,(H,21,22,23).